The van der Waals surface area contributed by atoms with Gasteiger partial charge in [0.25, 0.3) is 0 Å². The highest BCUT2D eigenvalue weighted by Crippen LogP contribution is 2.39. The number of fused-ring (bicyclic) bond motifs is 1. The summed E-state index contributed by atoms with van der Waals surface area (Å²) in [6, 6.07) is 12.7. The van der Waals surface area contributed by atoms with Gasteiger partial charge in [-0.05, 0) is 42.3 Å². The van der Waals surface area contributed by atoms with Gasteiger partial charge in [-0.15, -0.1) is 0 Å². The molecule has 1 atom stereocenters. The predicted molar refractivity (Wildman–Crippen MR) is 117 cm³/mol. The van der Waals surface area contributed by atoms with Crippen molar-refractivity contribution in [3.05, 3.63) is 83.1 Å². The third-order valence-electron chi connectivity index (χ3n) is 5.36. The number of anilines is 2. The third kappa shape index (κ3) is 4.49. The normalized spacial score (nSPS) is 13.7. The van der Waals surface area contributed by atoms with Crippen LogP contribution in [0.25, 0.3) is 0 Å². The number of esters is 1. The van der Waals surface area contributed by atoms with E-state index >= 15 is 0 Å². The number of carbonyl (C=O) groups excluding carboxylic acids is 1. The highest BCUT2D eigenvalue weighted by molar-refractivity contribution is 5.89. The van der Waals surface area contributed by atoms with Crippen LogP contribution < -0.4 is 15.0 Å². The molecule has 6 nitrogen and oxygen atoms in total. The molecule has 1 unspecified atom stereocenters. The predicted octanol–water partition coefficient (Wildman–Crippen LogP) is 4.72. The molecule has 1 aliphatic rings. The zero-order chi connectivity index (χ0) is 22.7. The van der Waals surface area contributed by atoms with Crippen LogP contribution in [0.3, 0.4) is 0 Å². The van der Waals surface area contributed by atoms with E-state index in [2.05, 4.69) is 10.3 Å². The molecule has 0 aliphatic carbocycles. The molecule has 0 amide bonds. The van der Waals surface area contributed by atoms with Gasteiger partial charge < -0.3 is 19.7 Å². The van der Waals surface area contributed by atoms with E-state index in [-0.39, 0.29) is 12.0 Å². The number of hydrogen-bond donors (Lipinski definition) is 1. The van der Waals surface area contributed by atoms with Gasteiger partial charge in [-0.2, -0.15) is 0 Å². The average molecular weight is 439 g/mol. The molecule has 0 bridgehead atoms. The third-order valence-corrected chi connectivity index (χ3v) is 5.36. The number of carbonyl (C=O) groups is 1. The highest BCUT2D eigenvalue weighted by atomic mass is 19.2. The number of rotatable bonds is 6. The van der Waals surface area contributed by atoms with Gasteiger partial charge in [0.05, 0.1) is 25.3 Å². The number of nitrogens with zero attached hydrogens (tertiary/aromatic N) is 2. The van der Waals surface area contributed by atoms with Crippen LogP contribution in [0.1, 0.15) is 34.5 Å². The summed E-state index contributed by atoms with van der Waals surface area (Å²) in [6.45, 7) is 3.42. The van der Waals surface area contributed by atoms with Gasteiger partial charge >= 0.3 is 5.97 Å². The molecule has 1 aliphatic heterocycles. The SMILES string of the molecule is COC(=O)c1ccc(C(C)Nc2nccc3c2N(Cc2ccc(F)c(F)c2)CCO3)cc1. The zero-order valence-corrected chi connectivity index (χ0v) is 17.8. The van der Waals surface area contributed by atoms with Crippen molar-refractivity contribution in [1.82, 2.24) is 4.98 Å². The molecule has 1 N–H and O–H groups in total. The average Bonchev–Trinajstić information content (AvgIpc) is 2.81. The fraction of sp³-hybridized carbons (Fsp3) is 0.250. The van der Waals surface area contributed by atoms with Crippen LogP contribution in [0.5, 0.6) is 5.75 Å². The van der Waals surface area contributed by atoms with Crippen LogP contribution in [0.15, 0.2) is 54.7 Å². The standard InChI is InChI=1S/C24H23F2N3O3/c1-15(17-4-6-18(7-5-17)24(30)31-2)28-23-22-21(9-10-27-23)32-12-11-29(22)14-16-3-8-19(25)20(26)13-16/h3-10,13,15H,11-12,14H2,1-2H3,(H,27,28). The number of aromatic nitrogens is 1. The van der Waals surface area contributed by atoms with Crippen LogP contribution in [-0.2, 0) is 11.3 Å². The van der Waals surface area contributed by atoms with E-state index in [1.54, 1.807) is 30.5 Å². The molecule has 2 heterocycles. The molecular formula is C24H23F2N3O3. The van der Waals surface area contributed by atoms with Crippen LogP contribution >= 0.6 is 0 Å². The van der Waals surface area contributed by atoms with E-state index in [9.17, 15) is 13.6 Å². The van der Waals surface area contributed by atoms with Crippen molar-refractivity contribution in [2.24, 2.45) is 0 Å². The molecule has 4 rings (SSSR count). The summed E-state index contributed by atoms with van der Waals surface area (Å²) < 4.78 is 37.6. The second-order valence-corrected chi connectivity index (χ2v) is 7.50. The maximum absolute atomic E-state index is 13.7. The Hall–Kier alpha value is -3.68. The Morgan fingerprint density at radius 2 is 1.97 bits per heavy atom. The van der Waals surface area contributed by atoms with Crippen LogP contribution in [0, 0.1) is 11.6 Å². The molecule has 0 fully saturated rings. The monoisotopic (exact) mass is 439 g/mol. The van der Waals surface area contributed by atoms with Gasteiger partial charge in [-0.25, -0.2) is 18.6 Å². The minimum atomic E-state index is -0.871. The number of hydrogen-bond acceptors (Lipinski definition) is 6. The summed E-state index contributed by atoms with van der Waals surface area (Å²) in [7, 11) is 1.35. The van der Waals surface area contributed by atoms with E-state index in [0.29, 0.717) is 42.4 Å². The molecule has 0 saturated heterocycles. The number of pyridine rings is 1. The quantitative estimate of drug-likeness (QED) is 0.561. The van der Waals surface area contributed by atoms with E-state index in [0.717, 1.165) is 17.3 Å². The van der Waals surface area contributed by atoms with Gasteiger partial charge in [0.15, 0.2) is 17.5 Å². The molecule has 32 heavy (non-hydrogen) atoms. The largest absolute Gasteiger partial charge is 0.489 e. The van der Waals surface area contributed by atoms with Crippen LogP contribution in [0.4, 0.5) is 20.3 Å². The topological polar surface area (TPSA) is 63.7 Å². The van der Waals surface area contributed by atoms with Gasteiger partial charge in [0.1, 0.15) is 18.0 Å². The lowest BCUT2D eigenvalue weighted by molar-refractivity contribution is 0.0600. The fourth-order valence-electron chi connectivity index (χ4n) is 3.67. The molecule has 8 heteroatoms. The van der Waals surface area contributed by atoms with E-state index in [1.807, 2.05) is 24.0 Å². The van der Waals surface area contributed by atoms with Crippen molar-refractivity contribution >= 4 is 17.5 Å². The first-order valence-corrected chi connectivity index (χ1v) is 10.2. The second-order valence-electron chi connectivity index (χ2n) is 7.50. The van der Waals surface area contributed by atoms with Crippen LogP contribution in [0.2, 0.25) is 0 Å². The molecule has 2 aromatic carbocycles. The number of methoxy groups -OCH3 is 1. The summed E-state index contributed by atoms with van der Waals surface area (Å²) in [5.41, 5.74) is 2.85. The fourth-order valence-corrected chi connectivity index (χ4v) is 3.67. The van der Waals surface area contributed by atoms with Crippen LogP contribution in [-0.4, -0.2) is 31.2 Å². The minimum Gasteiger partial charge on any atom is -0.489 e. The number of benzene rings is 2. The lowest BCUT2D eigenvalue weighted by Gasteiger charge is -2.33. The summed E-state index contributed by atoms with van der Waals surface area (Å²) >= 11 is 0. The van der Waals surface area contributed by atoms with Gasteiger partial charge in [-0.3, -0.25) is 0 Å². The maximum Gasteiger partial charge on any atom is 0.337 e. The molecule has 3 aromatic rings. The first-order chi connectivity index (χ1) is 15.5. The van der Waals surface area contributed by atoms with Gasteiger partial charge in [-0.1, -0.05) is 18.2 Å². The first-order valence-electron chi connectivity index (χ1n) is 10.2. The number of ether oxygens (including phenoxy) is 2. The molecule has 1 aromatic heterocycles. The first kappa shape index (κ1) is 21.5. The molecule has 0 spiro atoms. The van der Waals surface area contributed by atoms with Crippen molar-refractivity contribution in [2.75, 3.05) is 30.5 Å². The van der Waals surface area contributed by atoms with Crippen molar-refractivity contribution in [3.63, 3.8) is 0 Å². The molecule has 0 saturated carbocycles. The molecule has 0 radical (unpaired) electrons. The van der Waals surface area contributed by atoms with Crippen molar-refractivity contribution in [2.45, 2.75) is 19.5 Å². The minimum absolute atomic E-state index is 0.118. The van der Waals surface area contributed by atoms with Gasteiger partial charge in [0, 0.05) is 18.8 Å². The highest BCUT2D eigenvalue weighted by Gasteiger charge is 2.24. The van der Waals surface area contributed by atoms with Crippen molar-refractivity contribution in [3.8, 4) is 5.75 Å². The summed E-state index contributed by atoms with van der Waals surface area (Å²) in [6.07, 6.45) is 1.66. The second kappa shape index (κ2) is 9.21. The Labute approximate surface area is 184 Å². The Bertz CT molecular complexity index is 1120. The van der Waals surface area contributed by atoms with E-state index in [1.165, 1.54) is 13.2 Å². The number of halogens is 2. The Morgan fingerprint density at radius 3 is 2.69 bits per heavy atom. The summed E-state index contributed by atoms with van der Waals surface area (Å²) in [4.78, 5) is 18.2. The van der Waals surface area contributed by atoms with E-state index < -0.39 is 11.6 Å². The lowest BCUT2D eigenvalue weighted by atomic mass is 10.1. The van der Waals surface area contributed by atoms with E-state index in [4.69, 9.17) is 9.47 Å². The summed E-state index contributed by atoms with van der Waals surface area (Å²) in [5, 5.41) is 3.40. The molecular weight excluding hydrogens is 416 g/mol. The lowest BCUT2D eigenvalue weighted by Crippen LogP contribution is -2.33. The molecule has 166 valence electrons. The van der Waals surface area contributed by atoms with Crippen molar-refractivity contribution in [1.29, 1.82) is 0 Å². The number of nitrogens with one attached hydrogen (secondary N) is 1. The van der Waals surface area contributed by atoms with Crippen molar-refractivity contribution < 1.29 is 23.0 Å². The Balaban J connectivity index is 1.58. The summed E-state index contributed by atoms with van der Waals surface area (Å²) in [5.74, 6) is -0.836. The Kier molecular flexibility index (Phi) is 6.20. The van der Waals surface area contributed by atoms with Gasteiger partial charge in [0.2, 0.25) is 0 Å². The smallest absolute Gasteiger partial charge is 0.337 e. The zero-order valence-electron chi connectivity index (χ0n) is 17.8. The Morgan fingerprint density at radius 1 is 1.19 bits per heavy atom. The maximum atomic E-state index is 13.7.